The Labute approximate surface area is 632 Å². The highest BCUT2D eigenvalue weighted by molar-refractivity contribution is 7.47. The molecule has 19 heteroatoms. The Bertz CT molecular complexity index is 1960. The first-order chi connectivity index (χ1) is 50.1. The highest BCUT2D eigenvalue weighted by atomic mass is 31.2. The van der Waals surface area contributed by atoms with E-state index in [1.54, 1.807) is 0 Å². The summed E-state index contributed by atoms with van der Waals surface area (Å²) < 4.78 is 68.8. The molecule has 103 heavy (non-hydrogen) atoms. The lowest BCUT2D eigenvalue weighted by molar-refractivity contribution is -0.161. The van der Waals surface area contributed by atoms with Crippen molar-refractivity contribution in [1.82, 2.24) is 0 Å². The Morgan fingerprint density at radius 2 is 0.466 bits per heavy atom. The minimum atomic E-state index is -4.96. The van der Waals surface area contributed by atoms with Gasteiger partial charge in [-0.05, 0) is 31.6 Å². The van der Waals surface area contributed by atoms with E-state index in [1.807, 2.05) is 0 Å². The highest BCUT2D eigenvalue weighted by Crippen LogP contribution is 2.45. The predicted octanol–water partition coefficient (Wildman–Crippen LogP) is 25.6. The lowest BCUT2D eigenvalue weighted by atomic mass is 9.99. The molecule has 0 fully saturated rings. The molecule has 0 bridgehead atoms. The van der Waals surface area contributed by atoms with Crippen LogP contribution in [0.5, 0.6) is 0 Å². The summed E-state index contributed by atoms with van der Waals surface area (Å²) in [5.74, 6) is -1.30. The minimum absolute atomic E-state index is 0.107. The van der Waals surface area contributed by atoms with Crippen molar-refractivity contribution in [1.29, 1.82) is 0 Å². The second kappa shape index (κ2) is 76.8. The van der Waals surface area contributed by atoms with Crippen molar-refractivity contribution >= 4 is 39.5 Å². The summed E-state index contributed by atoms with van der Waals surface area (Å²) >= 11 is 0. The van der Waals surface area contributed by atoms with E-state index in [2.05, 4.69) is 34.6 Å². The van der Waals surface area contributed by atoms with Crippen molar-refractivity contribution in [3.63, 3.8) is 0 Å². The van der Waals surface area contributed by atoms with Crippen LogP contribution in [0.1, 0.15) is 452 Å². The van der Waals surface area contributed by atoms with Crippen LogP contribution in [-0.2, 0) is 65.4 Å². The summed E-state index contributed by atoms with van der Waals surface area (Å²) in [6.45, 7) is 7.36. The third-order valence-corrected chi connectivity index (χ3v) is 22.0. The van der Waals surface area contributed by atoms with Crippen LogP contribution in [0.4, 0.5) is 0 Å². The second-order valence-electron chi connectivity index (χ2n) is 30.5. The van der Waals surface area contributed by atoms with E-state index < -0.39 is 97.5 Å². The largest absolute Gasteiger partial charge is 0.472 e. The van der Waals surface area contributed by atoms with Gasteiger partial charge in [0.15, 0.2) is 12.2 Å². The average Bonchev–Trinajstić information content (AvgIpc) is 0.914. The number of carbonyl (C=O) groups excluding carboxylic acids is 4. The van der Waals surface area contributed by atoms with Crippen LogP contribution in [0, 0.1) is 5.92 Å². The van der Waals surface area contributed by atoms with Gasteiger partial charge in [0.1, 0.15) is 19.3 Å². The maximum absolute atomic E-state index is 13.1. The van der Waals surface area contributed by atoms with Gasteiger partial charge in [-0.1, -0.05) is 401 Å². The summed E-state index contributed by atoms with van der Waals surface area (Å²) in [6, 6.07) is 0. The smallest absolute Gasteiger partial charge is 0.462 e. The molecule has 612 valence electrons. The van der Waals surface area contributed by atoms with Crippen LogP contribution in [0.2, 0.25) is 0 Å². The molecule has 0 aromatic heterocycles. The van der Waals surface area contributed by atoms with E-state index in [1.165, 1.54) is 276 Å². The standard InChI is InChI=1S/C84H164O17P2/c1-6-10-13-16-19-22-25-27-29-31-33-34-35-37-39-41-43-49-54-59-64-69-83(88)100-80(74-95-82(87)68-63-58-53-48-42-40-38-36-32-30-28-26-23-20-17-14-11-7-2)76-99-103(92,93)97-72-78(85)71-96-102(90,91)98-75-79(73-94-81(86)67-62-57-52-47-24-21-18-15-12-8-3)101-84(89)70-65-60-55-50-45-44-46-51-56-61-66-77(5)9-4/h77-80,85H,6-76H2,1-5H3,(H,90,91)(H,92,93)/t77?,78-,79+,80+/m0/s1. The summed E-state index contributed by atoms with van der Waals surface area (Å²) in [5, 5.41) is 10.7. The number of rotatable bonds is 84. The highest BCUT2D eigenvalue weighted by Gasteiger charge is 2.30. The van der Waals surface area contributed by atoms with E-state index in [4.69, 9.17) is 37.0 Å². The Balaban J connectivity index is 5.22. The molecule has 17 nitrogen and oxygen atoms in total. The van der Waals surface area contributed by atoms with Gasteiger partial charge in [-0.25, -0.2) is 9.13 Å². The number of carbonyl (C=O) groups is 4. The van der Waals surface area contributed by atoms with Gasteiger partial charge in [0.25, 0.3) is 0 Å². The Morgan fingerprint density at radius 3 is 0.689 bits per heavy atom. The lowest BCUT2D eigenvalue weighted by Gasteiger charge is -2.21. The van der Waals surface area contributed by atoms with Gasteiger partial charge in [0.05, 0.1) is 26.4 Å². The van der Waals surface area contributed by atoms with Gasteiger partial charge in [0.2, 0.25) is 0 Å². The molecular formula is C84H164O17P2. The third-order valence-electron chi connectivity index (χ3n) is 20.1. The molecule has 0 amide bonds. The number of ether oxygens (including phenoxy) is 4. The van der Waals surface area contributed by atoms with E-state index in [0.717, 1.165) is 95.8 Å². The monoisotopic (exact) mass is 1510 g/mol. The quantitative estimate of drug-likeness (QED) is 0.0222. The molecule has 0 heterocycles. The van der Waals surface area contributed by atoms with Crippen LogP contribution in [0.15, 0.2) is 0 Å². The third kappa shape index (κ3) is 76.6. The van der Waals surface area contributed by atoms with Crippen molar-refractivity contribution in [2.24, 2.45) is 5.92 Å². The normalized spacial score (nSPS) is 14.1. The molecule has 3 unspecified atom stereocenters. The summed E-state index contributed by atoms with van der Waals surface area (Å²) in [5.41, 5.74) is 0. The fraction of sp³-hybridized carbons (Fsp3) is 0.952. The zero-order chi connectivity index (χ0) is 75.5. The molecule has 0 aromatic carbocycles. The number of unbranched alkanes of at least 4 members (excludes halogenated alkanes) is 55. The van der Waals surface area contributed by atoms with Crippen LogP contribution >= 0.6 is 15.6 Å². The van der Waals surface area contributed by atoms with Gasteiger partial charge in [0, 0.05) is 25.7 Å². The first-order valence-electron chi connectivity index (χ1n) is 43.7. The lowest BCUT2D eigenvalue weighted by Crippen LogP contribution is -2.30. The number of aliphatic hydroxyl groups excluding tert-OH is 1. The fourth-order valence-electron chi connectivity index (χ4n) is 13.1. The van der Waals surface area contributed by atoms with Crippen molar-refractivity contribution in [2.75, 3.05) is 39.6 Å². The molecule has 0 spiro atoms. The van der Waals surface area contributed by atoms with E-state index >= 15 is 0 Å². The van der Waals surface area contributed by atoms with E-state index in [-0.39, 0.29) is 25.7 Å². The number of phosphoric ester groups is 2. The van der Waals surface area contributed by atoms with Gasteiger partial charge >= 0.3 is 39.5 Å². The Morgan fingerprint density at radius 1 is 0.272 bits per heavy atom. The van der Waals surface area contributed by atoms with Crippen LogP contribution in [-0.4, -0.2) is 96.7 Å². The molecule has 0 radical (unpaired) electrons. The minimum Gasteiger partial charge on any atom is -0.462 e. The van der Waals surface area contributed by atoms with Gasteiger partial charge in [-0.15, -0.1) is 0 Å². The molecule has 0 rings (SSSR count). The van der Waals surface area contributed by atoms with Gasteiger partial charge in [-0.3, -0.25) is 37.3 Å². The van der Waals surface area contributed by atoms with Crippen molar-refractivity contribution in [3.8, 4) is 0 Å². The number of hydrogen-bond donors (Lipinski definition) is 3. The number of phosphoric acid groups is 2. The molecule has 0 aliphatic heterocycles. The van der Waals surface area contributed by atoms with Gasteiger partial charge in [-0.2, -0.15) is 0 Å². The zero-order valence-corrected chi connectivity index (χ0v) is 69.3. The van der Waals surface area contributed by atoms with Crippen LogP contribution in [0.25, 0.3) is 0 Å². The first-order valence-corrected chi connectivity index (χ1v) is 46.7. The molecule has 0 aromatic rings. The second-order valence-corrected chi connectivity index (χ2v) is 33.4. The maximum Gasteiger partial charge on any atom is 0.472 e. The van der Waals surface area contributed by atoms with Gasteiger partial charge < -0.3 is 33.8 Å². The number of aliphatic hydroxyl groups is 1. The molecule has 0 saturated heterocycles. The molecule has 6 atom stereocenters. The maximum atomic E-state index is 13.1. The van der Waals surface area contributed by atoms with E-state index in [0.29, 0.717) is 25.7 Å². The Kier molecular flexibility index (Phi) is 75.4. The summed E-state index contributed by atoms with van der Waals surface area (Å²) in [7, 11) is -9.92. The predicted molar refractivity (Wildman–Crippen MR) is 423 cm³/mol. The topological polar surface area (TPSA) is 237 Å². The van der Waals surface area contributed by atoms with Crippen molar-refractivity contribution in [2.45, 2.75) is 470 Å². The molecule has 3 N–H and O–H groups in total. The molecule has 0 saturated carbocycles. The zero-order valence-electron chi connectivity index (χ0n) is 67.5. The summed E-state index contributed by atoms with van der Waals surface area (Å²) in [6.07, 6.45) is 69.4. The van der Waals surface area contributed by atoms with Crippen LogP contribution < -0.4 is 0 Å². The Hall–Kier alpha value is -1.94. The van der Waals surface area contributed by atoms with Crippen molar-refractivity contribution in [3.05, 3.63) is 0 Å². The SMILES string of the molecule is CCCCCCCCCCCCCCCCCCCCCCCC(=O)O[C@H](COC(=O)CCCCCCCCCCCCCCCCCCCC)COP(=O)(O)OC[C@@H](O)COP(=O)(O)OC[C@@H](COC(=O)CCCCCCCCCCCC)OC(=O)CCCCCCCCCCCCC(C)CC. The number of hydrogen-bond acceptors (Lipinski definition) is 15. The average molecular weight is 1510 g/mol. The van der Waals surface area contributed by atoms with Crippen LogP contribution in [0.3, 0.4) is 0 Å². The molecule has 0 aliphatic carbocycles. The van der Waals surface area contributed by atoms with E-state index in [9.17, 15) is 43.2 Å². The fourth-order valence-corrected chi connectivity index (χ4v) is 14.7. The number of esters is 4. The van der Waals surface area contributed by atoms with Crippen molar-refractivity contribution < 1.29 is 80.2 Å². The molecular weight excluding hydrogens is 1340 g/mol. The molecule has 0 aliphatic rings. The summed E-state index contributed by atoms with van der Waals surface area (Å²) in [4.78, 5) is 73.1. The first kappa shape index (κ1) is 101.